The molecule has 0 saturated carbocycles. The van der Waals surface area contributed by atoms with Crippen molar-refractivity contribution in [1.82, 2.24) is 0 Å². The number of rotatable bonds is 2. The van der Waals surface area contributed by atoms with Crippen molar-refractivity contribution in [2.45, 2.75) is 6.92 Å². The van der Waals surface area contributed by atoms with Crippen molar-refractivity contribution in [1.29, 1.82) is 0 Å². The number of hydrogen-bond acceptors (Lipinski definition) is 1. The van der Waals surface area contributed by atoms with E-state index in [9.17, 15) is 9.18 Å². The summed E-state index contributed by atoms with van der Waals surface area (Å²) in [5, 5.41) is 9.07. The van der Waals surface area contributed by atoms with Gasteiger partial charge in [-0.25, -0.2) is 9.18 Å². The van der Waals surface area contributed by atoms with E-state index in [4.69, 9.17) is 16.7 Å². The van der Waals surface area contributed by atoms with Crippen molar-refractivity contribution >= 4 is 17.6 Å². The van der Waals surface area contributed by atoms with Crippen LogP contribution in [0, 0.1) is 12.7 Å². The van der Waals surface area contributed by atoms with Gasteiger partial charge in [-0.15, -0.1) is 0 Å². The van der Waals surface area contributed by atoms with Crippen LogP contribution in [0.2, 0.25) is 5.02 Å². The fourth-order valence-electron chi connectivity index (χ4n) is 1.84. The number of carboxylic acid groups (broad SMARTS) is 1. The quantitative estimate of drug-likeness (QED) is 0.885. The maximum atomic E-state index is 13.1. The SMILES string of the molecule is Cc1c(C(=O)O)cccc1-c1ccc(F)c(Cl)c1. The molecular weight excluding hydrogens is 255 g/mol. The zero-order valence-electron chi connectivity index (χ0n) is 9.58. The summed E-state index contributed by atoms with van der Waals surface area (Å²) in [6.45, 7) is 1.72. The van der Waals surface area contributed by atoms with E-state index < -0.39 is 11.8 Å². The van der Waals surface area contributed by atoms with Gasteiger partial charge in [-0.1, -0.05) is 29.8 Å². The summed E-state index contributed by atoms with van der Waals surface area (Å²) in [7, 11) is 0. The second kappa shape index (κ2) is 4.78. The molecule has 0 aromatic heterocycles. The Morgan fingerprint density at radius 1 is 1.28 bits per heavy atom. The van der Waals surface area contributed by atoms with E-state index in [-0.39, 0.29) is 10.6 Å². The largest absolute Gasteiger partial charge is 0.478 e. The van der Waals surface area contributed by atoms with E-state index in [0.717, 1.165) is 5.56 Å². The first-order chi connectivity index (χ1) is 8.50. The Balaban J connectivity index is 2.60. The fraction of sp³-hybridized carbons (Fsp3) is 0.0714. The predicted octanol–water partition coefficient (Wildman–Crippen LogP) is 4.15. The third kappa shape index (κ3) is 2.22. The van der Waals surface area contributed by atoms with Gasteiger partial charge in [-0.05, 0) is 41.8 Å². The summed E-state index contributed by atoms with van der Waals surface area (Å²) in [5.41, 5.74) is 2.29. The van der Waals surface area contributed by atoms with E-state index in [1.807, 2.05) is 0 Å². The van der Waals surface area contributed by atoms with E-state index in [1.54, 1.807) is 25.1 Å². The van der Waals surface area contributed by atoms with Crippen molar-refractivity contribution < 1.29 is 14.3 Å². The monoisotopic (exact) mass is 264 g/mol. The Morgan fingerprint density at radius 2 is 2.00 bits per heavy atom. The van der Waals surface area contributed by atoms with Gasteiger partial charge in [-0.2, -0.15) is 0 Å². The summed E-state index contributed by atoms with van der Waals surface area (Å²) in [5.74, 6) is -1.48. The summed E-state index contributed by atoms with van der Waals surface area (Å²) in [6, 6.07) is 9.31. The van der Waals surface area contributed by atoms with E-state index >= 15 is 0 Å². The molecule has 92 valence electrons. The lowest BCUT2D eigenvalue weighted by Crippen LogP contribution is -2.00. The maximum absolute atomic E-state index is 13.1. The van der Waals surface area contributed by atoms with Crippen LogP contribution in [-0.2, 0) is 0 Å². The highest BCUT2D eigenvalue weighted by atomic mass is 35.5. The maximum Gasteiger partial charge on any atom is 0.335 e. The van der Waals surface area contributed by atoms with Crippen molar-refractivity contribution in [2.24, 2.45) is 0 Å². The number of carbonyl (C=O) groups is 1. The van der Waals surface area contributed by atoms with E-state index in [2.05, 4.69) is 0 Å². The number of aromatic carboxylic acids is 1. The van der Waals surface area contributed by atoms with Crippen molar-refractivity contribution in [3.8, 4) is 11.1 Å². The van der Waals surface area contributed by atoms with E-state index in [0.29, 0.717) is 11.1 Å². The van der Waals surface area contributed by atoms with Crippen molar-refractivity contribution in [2.75, 3.05) is 0 Å². The van der Waals surface area contributed by atoms with Crippen LogP contribution in [0.25, 0.3) is 11.1 Å². The molecule has 2 aromatic carbocycles. The van der Waals surface area contributed by atoms with Crippen LogP contribution >= 0.6 is 11.6 Å². The third-order valence-electron chi connectivity index (χ3n) is 2.79. The molecular formula is C14H10ClFO2. The highest BCUT2D eigenvalue weighted by molar-refractivity contribution is 6.31. The zero-order chi connectivity index (χ0) is 13.3. The summed E-state index contributed by atoms with van der Waals surface area (Å²) < 4.78 is 13.1. The molecule has 0 aliphatic rings. The minimum Gasteiger partial charge on any atom is -0.478 e. The van der Waals surface area contributed by atoms with Gasteiger partial charge in [0.05, 0.1) is 10.6 Å². The van der Waals surface area contributed by atoms with Gasteiger partial charge in [0.1, 0.15) is 5.82 Å². The Labute approximate surface area is 109 Å². The number of benzene rings is 2. The number of halogens is 2. The second-order valence-corrected chi connectivity index (χ2v) is 4.32. The smallest absolute Gasteiger partial charge is 0.335 e. The normalized spacial score (nSPS) is 10.4. The van der Waals surface area contributed by atoms with Gasteiger partial charge in [0.25, 0.3) is 0 Å². The van der Waals surface area contributed by atoms with Gasteiger partial charge in [-0.3, -0.25) is 0 Å². The van der Waals surface area contributed by atoms with Crippen LogP contribution in [0.5, 0.6) is 0 Å². The Morgan fingerprint density at radius 3 is 2.61 bits per heavy atom. The first kappa shape index (κ1) is 12.6. The van der Waals surface area contributed by atoms with Crippen LogP contribution in [0.3, 0.4) is 0 Å². The van der Waals surface area contributed by atoms with Gasteiger partial charge < -0.3 is 5.11 Å². The number of hydrogen-bond donors (Lipinski definition) is 1. The molecule has 4 heteroatoms. The highest BCUT2D eigenvalue weighted by Gasteiger charge is 2.12. The lowest BCUT2D eigenvalue weighted by Gasteiger charge is -2.09. The molecule has 0 spiro atoms. The minimum atomic E-state index is -0.984. The summed E-state index contributed by atoms with van der Waals surface area (Å²) >= 11 is 5.73. The standard InChI is InChI=1S/C14H10ClFO2/c1-8-10(3-2-4-11(8)14(17)18)9-5-6-13(16)12(15)7-9/h2-7H,1H3,(H,17,18). The van der Waals surface area contributed by atoms with Crippen LogP contribution in [0.1, 0.15) is 15.9 Å². The van der Waals surface area contributed by atoms with Gasteiger partial charge >= 0.3 is 5.97 Å². The van der Waals surface area contributed by atoms with Gasteiger partial charge in [0, 0.05) is 0 Å². The lowest BCUT2D eigenvalue weighted by molar-refractivity contribution is 0.0696. The number of carboxylic acids is 1. The molecule has 2 aromatic rings. The molecule has 0 aliphatic heterocycles. The average molecular weight is 265 g/mol. The van der Waals surface area contributed by atoms with E-state index in [1.165, 1.54) is 18.2 Å². The summed E-state index contributed by atoms with van der Waals surface area (Å²) in [4.78, 5) is 11.0. The molecule has 0 bridgehead atoms. The van der Waals surface area contributed by atoms with Crippen molar-refractivity contribution in [3.05, 3.63) is 58.4 Å². The Hall–Kier alpha value is -1.87. The molecule has 2 nitrogen and oxygen atoms in total. The van der Waals surface area contributed by atoms with Gasteiger partial charge in [0.2, 0.25) is 0 Å². The van der Waals surface area contributed by atoms with Crippen LogP contribution in [0.15, 0.2) is 36.4 Å². The summed E-state index contributed by atoms with van der Waals surface area (Å²) in [6.07, 6.45) is 0. The molecule has 0 heterocycles. The lowest BCUT2D eigenvalue weighted by atomic mass is 9.96. The molecule has 2 rings (SSSR count). The molecule has 0 unspecified atom stereocenters. The van der Waals surface area contributed by atoms with Crippen LogP contribution in [0.4, 0.5) is 4.39 Å². The fourth-order valence-corrected chi connectivity index (χ4v) is 2.02. The second-order valence-electron chi connectivity index (χ2n) is 3.91. The van der Waals surface area contributed by atoms with Crippen LogP contribution < -0.4 is 0 Å². The molecule has 0 aliphatic carbocycles. The highest BCUT2D eigenvalue weighted by Crippen LogP contribution is 2.28. The van der Waals surface area contributed by atoms with Crippen LogP contribution in [-0.4, -0.2) is 11.1 Å². The first-order valence-corrected chi connectivity index (χ1v) is 5.67. The molecule has 0 radical (unpaired) electrons. The third-order valence-corrected chi connectivity index (χ3v) is 3.08. The molecule has 0 atom stereocenters. The molecule has 0 amide bonds. The minimum absolute atomic E-state index is 0.0210. The molecule has 18 heavy (non-hydrogen) atoms. The predicted molar refractivity (Wildman–Crippen MR) is 68.5 cm³/mol. The zero-order valence-corrected chi connectivity index (χ0v) is 10.3. The Kier molecular flexibility index (Phi) is 3.34. The Bertz CT molecular complexity index is 623. The van der Waals surface area contributed by atoms with Crippen molar-refractivity contribution in [3.63, 3.8) is 0 Å². The average Bonchev–Trinajstić information content (AvgIpc) is 2.33. The molecule has 1 N–H and O–H groups in total. The molecule has 0 fully saturated rings. The van der Waals surface area contributed by atoms with Gasteiger partial charge in [0.15, 0.2) is 0 Å². The first-order valence-electron chi connectivity index (χ1n) is 5.29. The molecule has 0 saturated heterocycles. The topological polar surface area (TPSA) is 37.3 Å².